The average molecular weight is 538 g/mol. The van der Waals surface area contributed by atoms with E-state index in [1.54, 1.807) is 0 Å². The quantitative estimate of drug-likeness (QED) is 0.303. The number of halogens is 5. The summed E-state index contributed by atoms with van der Waals surface area (Å²) in [5.41, 5.74) is -0.397. The lowest BCUT2D eigenvalue weighted by Gasteiger charge is -2.35. The molecular weight excluding hydrogens is 511 g/mol. The highest BCUT2D eigenvalue weighted by molar-refractivity contribution is 6.35. The number of Topliss-reactive ketones (excluding diaryl/α,β-unsaturated/α-hetero) is 1. The van der Waals surface area contributed by atoms with Crippen molar-refractivity contribution in [2.45, 2.75) is 75.4 Å². The molecular formula is C22H27F5N4O6. The minimum Gasteiger partial charge on any atom is -0.356 e. The van der Waals surface area contributed by atoms with Crippen LogP contribution in [0.5, 0.6) is 0 Å². The number of nitrogens with zero attached hydrogens (tertiary/aromatic N) is 1. The first kappa shape index (κ1) is 27.2. The van der Waals surface area contributed by atoms with Crippen molar-refractivity contribution < 1.29 is 50.7 Å². The first-order valence-electron chi connectivity index (χ1n) is 12.0. The van der Waals surface area contributed by atoms with Gasteiger partial charge in [-0.2, -0.15) is 0 Å². The predicted molar refractivity (Wildman–Crippen MR) is 113 cm³/mol. The molecule has 1 spiro atoms. The lowest BCUT2D eigenvalue weighted by Crippen LogP contribution is -2.57. The topological polar surface area (TPSA) is 134 Å². The second-order valence-electron chi connectivity index (χ2n) is 10.4. The van der Waals surface area contributed by atoms with Crippen LogP contribution in [0.25, 0.3) is 0 Å². The van der Waals surface area contributed by atoms with E-state index < -0.39 is 90.6 Å². The van der Waals surface area contributed by atoms with Crippen molar-refractivity contribution in [3.05, 3.63) is 0 Å². The highest BCUT2D eigenvalue weighted by Gasteiger charge is 2.56. The lowest BCUT2D eigenvalue weighted by atomic mass is 9.88. The Labute approximate surface area is 208 Å². The second-order valence-corrected chi connectivity index (χ2v) is 10.4. The molecule has 0 bridgehead atoms. The van der Waals surface area contributed by atoms with E-state index in [-0.39, 0.29) is 19.4 Å². The molecule has 4 rings (SSSR count). The molecule has 37 heavy (non-hydrogen) atoms. The fourth-order valence-electron chi connectivity index (χ4n) is 5.13. The number of rotatable bonds is 8. The second kappa shape index (κ2) is 9.80. The fourth-order valence-corrected chi connectivity index (χ4v) is 5.13. The number of ether oxygens (including phenoxy) is 1. The van der Waals surface area contributed by atoms with E-state index in [1.807, 2.05) is 0 Å². The number of nitrogens with one attached hydrogen (secondary N) is 3. The van der Waals surface area contributed by atoms with Crippen LogP contribution in [0.3, 0.4) is 0 Å². The standard InChI is InChI=1S/C22H27F5N4O6/c23-21(24)6-12(7-21)29-18(35)19(36)31-10-20(2-3-20)8-14(31)17(34)30-13(5-11-1-4-28-16(11)33)15(32)9-37-22(25,26)27/h11-14H,1-10H2,(H,28,33)(H,29,35)(H,30,34)/t11-,13-,14-/m0/s1. The normalized spacial score (nSPS) is 26.8. The van der Waals surface area contributed by atoms with Crippen molar-refractivity contribution in [2.75, 3.05) is 19.7 Å². The van der Waals surface area contributed by atoms with Gasteiger partial charge in [-0.15, -0.1) is 13.2 Å². The third-order valence-electron chi connectivity index (χ3n) is 7.41. The van der Waals surface area contributed by atoms with Crippen LogP contribution in [0.1, 0.15) is 44.9 Å². The lowest BCUT2D eigenvalue weighted by molar-refractivity contribution is -0.321. The molecule has 4 amide bonds. The van der Waals surface area contributed by atoms with E-state index in [1.165, 1.54) is 0 Å². The van der Waals surface area contributed by atoms with Crippen LogP contribution in [0.4, 0.5) is 22.0 Å². The third-order valence-corrected chi connectivity index (χ3v) is 7.41. The largest absolute Gasteiger partial charge is 0.522 e. The molecule has 2 saturated carbocycles. The molecule has 15 heteroatoms. The van der Waals surface area contributed by atoms with Crippen LogP contribution >= 0.6 is 0 Å². The zero-order valence-electron chi connectivity index (χ0n) is 19.7. The van der Waals surface area contributed by atoms with Gasteiger partial charge in [0, 0.05) is 37.9 Å². The fraction of sp³-hybridized carbons (Fsp3) is 0.773. The summed E-state index contributed by atoms with van der Waals surface area (Å²) >= 11 is 0. The van der Waals surface area contributed by atoms with E-state index in [9.17, 15) is 45.9 Å². The van der Waals surface area contributed by atoms with Crippen molar-refractivity contribution in [1.29, 1.82) is 0 Å². The molecule has 0 unspecified atom stereocenters. The number of amides is 4. The number of hydrogen-bond acceptors (Lipinski definition) is 6. The van der Waals surface area contributed by atoms with Crippen molar-refractivity contribution in [3.8, 4) is 0 Å². The van der Waals surface area contributed by atoms with Crippen LogP contribution in [-0.4, -0.2) is 84.4 Å². The van der Waals surface area contributed by atoms with Crippen LogP contribution in [-0.2, 0) is 28.7 Å². The van der Waals surface area contributed by atoms with Gasteiger partial charge in [0.25, 0.3) is 5.92 Å². The maximum Gasteiger partial charge on any atom is 0.522 e. The zero-order chi connectivity index (χ0) is 27.2. The summed E-state index contributed by atoms with van der Waals surface area (Å²) in [5.74, 6) is -8.22. The molecule has 10 nitrogen and oxygen atoms in total. The van der Waals surface area contributed by atoms with E-state index >= 15 is 0 Å². The number of likely N-dealkylation sites (tertiary alicyclic amines) is 1. The minimum absolute atomic E-state index is 0.0684. The van der Waals surface area contributed by atoms with Gasteiger partial charge in [-0.3, -0.25) is 28.7 Å². The summed E-state index contributed by atoms with van der Waals surface area (Å²) in [6, 6.07) is -3.56. The monoisotopic (exact) mass is 538 g/mol. The Morgan fingerprint density at radius 2 is 1.81 bits per heavy atom. The number of alkyl halides is 5. The Morgan fingerprint density at radius 3 is 2.35 bits per heavy atom. The molecule has 0 radical (unpaired) electrons. The zero-order valence-corrected chi connectivity index (χ0v) is 19.7. The first-order valence-corrected chi connectivity index (χ1v) is 12.0. The molecule has 0 aromatic heterocycles. The van der Waals surface area contributed by atoms with Crippen molar-refractivity contribution >= 4 is 29.4 Å². The van der Waals surface area contributed by atoms with Gasteiger partial charge in [-0.1, -0.05) is 0 Å². The Morgan fingerprint density at radius 1 is 1.14 bits per heavy atom. The Bertz CT molecular complexity index is 977. The number of carbonyl (C=O) groups excluding carboxylic acids is 5. The van der Waals surface area contributed by atoms with Crippen molar-refractivity contribution in [2.24, 2.45) is 11.3 Å². The summed E-state index contributed by atoms with van der Waals surface area (Å²) in [5, 5.41) is 7.14. The molecule has 2 aliphatic carbocycles. The van der Waals surface area contributed by atoms with Crippen molar-refractivity contribution in [3.63, 3.8) is 0 Å². The number of hydrogen-bond donors (Lipinski definition) is 3. The van der Waals surface area contributed by atoms with Gasteiger partial charge in [0.2, 0.25) is 11.8 Å². The molecule has 2 saturated heterocycles. The van der Waals surface area contributed by atoms with Crippen LogP contribution in [0.15, 0.2) is 0 Å². The number of carbonyl (C=O) groups is 5. The van der Waals surface area contributed by atoms with Gasteiger partial charge in [0.15, 0.2) is 5.78 Å². The van der Waals surface area contributed by atoms with Gasteiger partial charge in [-0.05, 0) is 37.5 Å². The van der Waals surface area contributed by atoms with E-state index in [0.29, 0.717) is 25.8 Å². The minimum atomic E-state index is -5.08. The molecule has 206 valence electrons. The highest BCUT2D eigenvalue weighted by Crippen LogP contribution is 2.54. The average Bonchev–Trinajstić information content (AvgIpc) is 3.24. The molecule has 3 N–H and O–H groups in total. The van der Waals surface area contributed by atoms with E-state index in [4.69, 9.17) is 0 Å². The Kier molecular flexibility index (Phi) is 7.20. The molecule has 3 atom stereocenters. The van der Waals surface area contributed by atoms with Crippen LogP contribution < -0.4 is 16.0 Å². The van der Waals surface area contributed by atoms with Gasteiger partial charge in [0.05, 0.1) is 6.04 Å². The molecule has 2 aliphatic heterocycles. The van der Waals surface area contributed by atoms with E-state index in [2.05, 4.69) is 20.7 Å². The summed E-state index contributed by atoms with van der Waals surface area (Å²) in [4.78, 5) is 64.0. The van der Waals surface area contributed by atoms with Crippen molar-refractivity contribution in [1.82, 2.24) is 20.9 Å². The maximum atomic E-state index is 13.2. The molecule has 0 aromatic carbocycles. The summed E-state index contributed by atoms with van der Waals surface area (Å²) < 4.78 is 67.2. The molecule has 4 aliphatic rings. The molecule has 2 heterocycles. The highest BCUT2D eigenvalue weighted by atomic mass is 19.4. The summed E-state index contributed by atoms with van der Waals surface area (Å²) in [6.07, 6.45) is -4.70. The van der Waals surface area contributed by atoms with Gasteiger partial charge < -0.3 is 20.9 Å². The summed E-state index contributed by atoms with van der Waals surface area (Å²) in [7, 11) is 0. The first-order chi connectivity index (χ1) is 17.2. The molecule has 0 aromatic rings. The third kappa shape index (κ3) is 6.54. The van der Waals surface area contributed by atoms with Crippen LogP contribution in [0, 0.1) is 11.3 Å². The van der Waals surface area contributed by atoms with Gasteiger partial charge >= 0.3 is 18.2 Å². The Balaban J connectivity index is 1.43. The van der Waals surface area contributed by atoms with Crippen LogP contribution in [0.2, 0.25) is 0 Å². The van der Waals surface area contributed by atoms with Gasteiger partial charge in [0.1, 0.15) is 12.6 Å². The predicted octanol–water partition coefficient (Wildman–Crippen LogP) is 0.398. The smallest absolute Gasteiger partial charge is 0.356 e. The van der Waals surface area contributed by atoms with E-state index in [0.717, 1.165) is 4.90 Å². The number of ketones is 1. The summed E-state index contributed by atoms with van der Waals surface area (Å²) in [6.45, 7) is -1.000. The van der Waals surface area contributed by atoms with Gasteiger partial charge in [-0.25, -0.2) is 8.78 Å². The molecule has 4 fully saturated rings. The SMILES string of the molecule is O=C(NC1CC(F)(F)C1)C(=O)N1CC2(CC2)C[C@H]1C(=O)N[C@@H](C[C@@H]1CCNC1=O)C(=O)COC(F)(F)F. The Hall–Kier alpha value is -2.84. The maximum absolute atomic E-state index is 13.2.